The Labute approximate surface area is 64.4 Å². The topological polar surface area (TPSA) is 38.9 Å². The molecule has 10 heavy (non-hydrogen) atoms. The van der Waals surface area contributed by atoms with Crippen LogP contribution in [0.15, 0.2) is 4.42 Å². The zero-order valence-corrected chi connectivity index (χ0v) is 6.72. The molecule has 56 valence electrons. The molecule has 0 aromatic carbocycles. The average Bonchev–Trinajstić information content (AvgIpc) is 2.34. The van der Waals surface area contributed by atoms with Gasteiger partial charge in [0.05, 0.1) is 0 Å². The lowest BCUT2D eigenvalue weighted by Gasteiger charge is -1.90. The molecule has 0 saturated heterocycles. The fourth-order valence-corrected chi connectivity index (χ4v) is 0.658. The van der Waals surface area contributed by atoms with E-state index in [1.54, 1.807) is 6.92 Å². The van der Waals surface area contributed by atoms with Crippen molar-refractivity contribution >= 4 is 11.6 Å². The second-order valence-corrected chi connectivity index (χ2v) is 2.66. The van der Waals surface area contributed by atoms with Gasteiger partial charge in [0, 0.05) is 6.42 Å². The standard InChI is InChI=1S/C6H9ClN2O/c1-3-5-8-9-6(10-5)4(2)7/h4H,3H2,1-2H3/t4-/m1/s1. The molecule has 0 saturated carbocycles. The van der Waals surface area contributed by atoms with Gasteiger partial charge in [0.15, 0.2) is 0 Å². The summed E-state index contributed by atoms with van der Waals surface area (Å²) in [7, 11) is 0. The highest BCUT2D eigenvalue weighted by Crippen LogP contribution is 2.16. The van der Waals surface area contributed by atoms with Gasteiger partial charge in [-0.15, -0.1) is 21.8 Å². The highest BCUT2D eigenvalue weighted by molar-refractivity contribution is 6.20. The molecule has 0 aliphatic rings. The SMILES string of the molecule is CCc1nnc([C@@H](C)Cl)o1. The number of aromatic nitrogens is 2. The molecule has 4 heteroatoms. The van der Waals surface area contributed by atoms with Gasteiger partial charge in [-0.05, 0) is 6.92 Å². The monoisotopic (exact) mass is 160 g/mol. The van der Waals surface area contributed by atoms with Crippen LogP contribution in [0, 0.1) is 0 Å². The smallest absolute Gasteiger partial charge is 0.234 e. The number of hydrogen-bond acceptors (Lipinski definition) is 3. The van der Waals surface area contributed by atoms with E-state index in [1.165, 1.54) is 0 Å². The predicted octanol–water partition coefficient (Wildman–Crippen LogP) is 1.93. The van der Waals surface area contributed by atoms with Gasteiger partial charge < -0.3 is 4.42 Å². The number of alkyl halides is 1. The van der Waals surface area contributed by atoms with Crippen molar-refractivity contribution < 1.29 is 4.42 Å². The summed E-state index contributed by atoms with van der Waals surface area (Å²) < 4.78 is 5.14. The van der Waals surface area contributed by atoms with Crippen molar-refractivity contribution in [2.45, 2.75) is 25.6 Å². The van der Waals surface area contributed by atoms with Crippen LogP contribution in [0.2, 0.25) is 0 Å². The van der Waals surface area contributed by atoms with Crippen LogP contribution in [0.5, 0.6) is 0 Å². The number of rotatable bonds is 2. The molecule has 0 spiro atoms. The normalized spacial score (nSPS) is 13.5. The van der Waals surface area contributed by atoms with Crippen LogP contribution in [0.4, 0.5) is 0 Å². The summed E-state index contributed by atoms with van der Waals surface area (Å²) >= 11 is 5.68. The van der Waals surface area contributed by atoms with Gasteiger partial charge in [-0.3, -0.25) is 0 Å². The molecule has 1 heterocycles. The summed E-state index contributed by atoms with van der Waals surface area (Å²) in [5, 5.41) is 7.31. The quantitative estimate of drug-likeness (QED) is 0.621. The zero-order valence-electron chi connectivity index (χ0n) is 5.97. The first-order chi connectivity index (χ1) is 4.74. The Morgan fingerprint density at radius 1 is 1.60 bits per heavy atom. The van der Waals surface area contributed by atoms with Crippen LogP contribution >= 0.6 is 11.6 Å². The fraction of sp³-hybridized carbons (Fsp3) is 0.667. The number of nitrogens with zero attached hydrogens (tertiary/aromatic N) is 2. The zero-order chi connectivity index (χ0) is 7.56. The molecule has 1 atom stereocenters. The fourth-order valence-electron chi connectivity index (χ4n) is 0.570. The van der Waals surface area contributed by atoms with Crippen LogP contribution in [0.25, 0.3) is 0 Å². The van der Waals surface area contributed by atoms with E-state index in [1.807, 2.05) is 6.92 Å². The lowest BCUT2D eigenvalue weighted by Crippen LogP contribution is -1.81. The third kappa shape index (κ3) is 1.48. The first-order valence-electron chi connectivity index (χ1n) is 3.20. The summed E-state index contributed by atoms with van der Waals surface area (Å²) in [6.07, 6.45) is 0.761. The predicted molar refractivity (Wildman–Crippen MR) is 37.9 cm³/mol. The molecule has 3 nitrogen and oxygen atoms in total. The van der Waals surface area contributed by atoms with Gasteiger partial charge in [0.2, 0.25) is 11.8 Å². The van der Waals surface area contributed by atoms with Gasteiger partial charge in [0.1, 0.15) is 5.38 Å². The highest BCUT2D eigenvalue weighted by atomic mass is 35.5. The van der Waals surface area contributed by atoms with E-state index in [2.05, 4.69) is 10.2 Å². The van der Waals surface area contributed by atoms with Crippen molar-refractivity contribution in [3.8, 4) is 0 Å². The van der Waals surface area contributed by atoms with E-state index < -0.39 is 0 Å². The van der Waals surface area contributed by atoms with Crippen molar-refractivity contribution in [1.82, 2.24) is 10.2 Å². The van der Waals surface area contributed by atoms with Gasteiger partial charge in [-0.25, -0.2) is 0 Å². The van der Waals surface area contributed by atoms with Crippen LogP contribution in [0.1, 0.15) is 31.0 Å². The van der Waals surface area contributed by atoms with Crippen molar-refractivity contribution in [3.63, 3.8) is 0 Å². The second kappa shape index (κ2) is 3.01. The molecular formula is C6H9ClN2O. The van der Waals surface area contributed by atoms with Gasteiger partial charge in [-0.2, -0.15) is 0 Å². The summed E-state index contributed by atoms with van der Waals surface area (Å²) in [6.45, 7) is 3.75. The maximum Gasteiger partial charge on any atom is 0.234 e. The van der Waals surface area contributed by atoms with Crippen molar-refractivity contribution in [2.24, 2.45) is 0 Å². The van der Waals surface area contributed by atoms with Crippen LogP contribution in [0.3, 0.4) is 0 Å². The number of hydrogen-bond donors (Lipinski definition) is 0. The molecule has 0 fully saturated rings. The minimum absolute atomic E-state index is 0.187. The summed E-state index contributed by atoms with van der Waals surface area (Å²) in [4.78, 5) is 0. The Morgan fingerprint density at radius 2 is 2.30 bits per heavy atom. The molecule has 1 aromatic rings. The molecule has 0 radical (unpaired) electrons. The molecule has 0 aliphatic carbocycles. The van der Waals surface area contributed by atoms with Crippen molar-refractivity contribution in [2.75, 3.05) is 0 Å². The summed E-state index contributed by atoms with van der Waals surface area (Å²) in [6, 6.07) is 0. The van der Waals surface area contributed by atoms with Crippen LogP contribution < -0.4 is 0 Å². The van der Waals surface area contributed by atoms with E-state index in [0.29, 0.717) is 11.8 Å². The van der Waals surface area contributed by atoms with Crippen molar-refractivity contribution in [1.29, 1.82) is 0 Å². The Morgan fingerprint density at radius 3 is 2.60 bits per heavy atom. The maximum atomic E-state index is 5.68. The molecule has 1 aromatic heterocycles. The lowest BCUT2D eigenvalue weighted by atomic mass is 10.5. The summed E-state index contributed by atoms with van der Waals surface area (Å²) in [5.41, 5.74) is 0. The third-order valence-electron chi connectivity index (χ3n) is 1.13. The highest BCUT2D eigenvalue weighted by Gasteiger charge is 2.08. The van der Waals surface area contributed by atoms with Gasteiger partial charge >= 0.3 is 0 Å². The maximum absolute atomic E-state index is 5.68. The Kier molecular flexibility index (Phi) is 2.27. The molecular weight excluding hydrogens is 152 g/mol. The number of aryl methyl sites for hydroxylation is 1. The minimum atomic E-state index is -0.187. The first kappa shape index (κ1) is 7.54. The van der Waals surface area contributed by atoms with Gasteiger partial charge in [0.25, 0.3) is 0 Å². The Hall–Kier alpha value is -0.570. The van der Waals surface area contributed by atoms with E-state index in [-0.39, 0.29) is 5.38 Å². The third-order valence-corrected chi connectivity index (χ3v) is 1.31. The van der Waals surface area contributed by atoms with E-state index >= 15 is 0 Å². The number of halogens is 1. The second-order valence-electron chi connectivity index (χ2n) is 2.00. The van der Waals surface area contributed by atoms with E-state index in [4.69, 9.17) is 16.0 Å². The molecule has 1 rings (SSSR count). The largest absolute Gasteiger partial charge is 0.424 e. The van der Waals surface area contributed by atoms with E-state index in [0.717, 1.165) is 6.42 Å². The average molecular weight is 161 g/mol. The molecule has 0 N–H and O–H groups in total. The summed E-state index contributed by atoms with van der Waals surface area (Å²) in [5.74, 6) is 1.14. The molecule has 0 unspecified atom stereocenters. The van der Waals surface area contributed by atoms with Crippen LogP contribution in [-0.2, 0) is 6.42 Å². The van der Waals surface area contributed by atoms with Crippen molar-refractivity contribution in [3.05, 3.63) is 11.8 Å². The lowest BCUT2D eigenvalue weighted by molar-refractivity contribution is 0.454. The van der Waals surface area contributed by atoms with Crippen LogP contribution in [-0.4, -0.2) is 10.2 Å². The Balaban J connectivity index is 2.78. The molecule has 0 bridgehead atoms. The molecule has 0 aliphatic heterocycles. The van der Waals surface area contributed by atoms with E-state index in [9.17, 15) is 0 Å². The Bertz CT molecular complexity index is 209. The van der Waals surface area contributed by atoms with Gasteiger partial charge in [-0.1, -0.05) is 6.92 Å². The molecule has 0 amide bonds. The first-order valence-corrected chi connectivity index (χ1v) is 3.64. The minimum Gasteiger partial charge on any atom is -0.424 e.